The number of carboxylic acids is 1. The minimum atomic E-state index is -0.767. The van der Waals surface area contributed by atoms with Crippen LogP contribution in [0, 0.1) is 0 Å². The molecule has 0 aromatic rings. The third-order valence-electron chi connectivity index (χ3n) is 3.06. The summed E-state index contributed by atoms with van der Waals surface area (Å²) in [7, 11) is 2.11. The van der Waals surface area contributed by atoms with E-state index in [1.54, 1.807) is 6.92 Å². The second-order valence-corrected chi connectivity index (χ2v) is 4.28. The molecule has 1 heterocycles. The van der Waals surface area contributed by atoms with Gasteiger partial charge in [0.2, 0.25) is 0 Å². The molecule has 2 unspecified atom stereocenters. The van der Waals surface area contributed by atoms with Crippen LogP contribution in [-0.2, 0) is 4.79 Å². The quantitative estimate of drug-likeness (QED) is 0.698. The maximum absolute atomic E-state index is 10.6. The summed E-state index contributed by atoms with van der Waals surface area (Å²) in [5, 5.41) is 11.9. The van der Waals surface area contributed by atoms with E-state index in [2.05, 4.69) is 24.2 Å². The van der Waals surface area contributed by atoms with Crippen molar-refractivity contribution in [1.29, 1.82) is 0 Å². The lowest BCUT2D eigenvalue weighted by molar-refractivity contribution is -0.139. The van der Waals surface area contributed by atoms with E-state index in [-0.39, 0.29) is 0 Å². The minimum Gasteiger partial charge on any atom is -0.480 e. The Balaban J connectivity index is 2.36. The van der Waals surface area contributed by atoms with Gasteiger partial charge in [-0.15, -0.1) is 0 Å². The Labute approximate surface area is 85.3 Å². The third kappa shape index (κ3) is 2.96. The van der Waals surface area contributed by atoms with E-state index in [9.17, 15) is 4.79 Å². The molecule has 1 aliphatic heterocycles. The van der Waals surface area contributed by atoms with Crippen LogP contribution in [0.15, 0.2) is 0 Å². The van der Waals surface area contributed by atoms with E-state index >= 15 is 0 Å². The first kappa shape index (κ1) is 11.5. The molecule has 0 radical (unpaired) electrons. The number of nitrogens with zero attached hydrogens (tertiary/aromatic N) is 1. The first-order chi connectivity index (χ1) is 6.50. The van der Waals surface area contributed by atoms with Gasteiger partial charge in [-0.25, -0.2) is 0 Å². The van der Waals surface area contributed by atoms with Gasteiger partial charge in [-0.05, 0) is 40.3 Å². The van der Waals surface area contributed by atoms with E-state index in [4.69, 9.17) is 5.11 Å². The molecule has 0 bridgehead atoms. The summed E-state index contributed by atoms with van der Waals surface area (Å²) in [4.78, 5) is 13.0. The molecule has 0 spiro atoms. The zero-order valence-electron chi connectivity index (χ0n) is 9.16. The van der Waals surface area contributed by atoms with Gasteiger partial charge in [-0.3, -0.25) is 4.79 Å². The molecular weight excluding hydrogens is 180 g/mol. The van der Waals surface area contributed by atoms with Crippen molar-refractivity contribution in [1.82, 2.24) is 10.2 Å². The van der Waals surface area contributed by atoms with Crippen molar-refractivity contribution in [3.05, 3.63) is 0 Å². The summed E-state index contributed by atoms with van der Waals surface area (Å²) in [5.74, 6) is -0.767. The maximum atomic E-state index is 10.6. The number of carboxylic acid groups (broad SMARTS) is 1. The Morgan fingerprint density at radius 2 is 2.29 bits per heavy atom. The SMILES string of the molecule is CC1CC(N[C@@H](C)C(=O)O)CCN1C. The van der Waals surface area contributed by atoms with Crippen molar-refractivity contribution < 1.29 is 9.90 Å². The van der Waals surface area contributed by atoms with Gasteiger partial charge in [-0.2, -0.15) is 0 Å². The van der Waals surface area contributed by atoms with Crippen LogP contribution in [0.1, 0.15) is 26.7 Å². The molecule has 14 heavy (non-hydrogen) atoms. The van der Waals surface area contributed by atoms with Crippen LogP contribution in [0.5, 0.6) is 0 Å². The highest BCUT2D eigenvalue weighted by Crippen LogP contribution is 2.15. The molecule has 0 aromatic heterocycles. The first-order valence-corrected chi connectivity index (χ1v) is 5.19. The van der Waals surface area contributed by atoms with Gasteiger partial charge in [0, 0.05) is 12.1 Å². The number of aliphatic carboxylic acids is 1. The van der Waals surface area contributed by atoms with E-state index in [0.29, 0.717) is 12.1 Å². The van der Waals surface area contributed by atoms with Crippen molar-refractivity contribution in [2.24, 2.45) is 0 Å². The normalized spacial score (nSPS) is 31.4. The molecule has 1 rings (SSSR count). The molecule has 4 nitrogen and oxygen atoms in total. The lowest BCUT2D eigenvalue weighted by Gasteiger charge is -2.36. The van der Waals surface area contributed by atoms with Crippen LogP contribution in [0.25, 0.3) is 0 Å². The number of piperidine rings is 1. The van der Waals surface area contributed by atoms with Gasteiger partial charge in [0.25, 0.3) is 0 Å². The van der Waals surface area contributed by atoms with Crippen molar-refractivity contribution in [2.75, 3.05) is 13.6 Å². The summed E-state index contributed by atoms with van der Waals surface area (Å²) in [6, 6.07) is 0.463. The Bertz CT molecular complexity index is 208. The van der Waals surface area contributed by atoms with Crippen molar-refractivity contribution in [3.63, 3.8) is 0 Å². The zero-order chi connectivity index (χ0) is 10.7. The maximum Gasteiger partial charge on any atom is 0.320 e. The fraction of sp³-hybridized carbons (Fsp3) is 0.900. The van der Waals surface area contributed by atoms with E-state index in [0.717, 1.165) is 19.4 Å². The summed E-state index contributed by atoms with van der Waals surface area (Å²) in [6.45, 7) is 4.93. The lowest BCUT2D eigenvalue weighted by atomic mass is 9.98. The van der Waals surface area contributed by atoms with E-state index < -0.39 is 12.0 Å². The summed E-state index contributed by atoms with van der Waals surface area (Å²) in [5.41, 5.74) is 0. The number of nitrogens with one attached hydrogen (secondary N) is 1. The fourth-order valence-corrected chi connectivity index (χ4v) is 1.87. The molecular formula is C10H20N2O2. The van der Waals surface area contributed by atoms with Gasteiger partial charge >= 0.3 is 5.97 Å². The van der Waals surface area contributed by atoms with Gasteiger partial charge < -0.3 is 15.3 Å². The highest BCUT2D eigenvalue weighted by molar-refractivity contribution is 5.72. The predicted molar refractivity (Wildman–Crippen MR) is 55.3 cm³/mol. The van der Waals surface area contributed by atoms with Gasteiger partial charge in [0.15, 0.2) is 0 Å². The van der Waals surface area contributed by atoms with E-state index in [1.165, 1.54) is 0 Å². The molecule has 1 saturated heterocycles. The smallest absolute Gasteiger partial charge is 0.320 e. The average Bonchev–Trinajstić information content (AvgIpc) is 2.11. The highest BCUT2D eigenvalue weighted by Gasteiger charge is 2.24. The minimum absolute atomic E-state index is 0.354. The molecule has 0 aliphatic carbocycles. The van der Waals surface area contributed by atoms with Gasteiger partial charge in [0.05, 0.1) is 0 Å². The molecule has 1 fully saturated rings. The van der Waals surface area contributed by atoms with Crippen LogP contribution in [0.4, 0.5) is 0 Å². The largest absolute Gasteiger partial charge is 0.480 e. The lowest BCUT2D eigenvalue weighted by Crippen LogP contribution is -2.49. The molecule has 0 amide bonds. The number of likely N-dealkylation sites (tertiary alicyclic amines) is 1. The molecule has 1 aliphatic rings. The topological polar surface area (TPSA) is 52.6 Å². The Hall–Kier alpha value is -0.610. The van der Waals surface area contributed by atoms with Gasteiger partial charge in [0.1, 0.15) is 6.04 Å². The highest BCUT2D eigenvalue weighted by atomic mass is 16.4. The van der Waals surface area contributed by atoms with Crippen molar-refractivity contribution >= 4 is 5.97 Å². The standard InChI is InChI=1S/C10H20N2O2/c1-7-6-9(4-5-12(7)3)11-8(2)10(13)14/h7-9,11H,4-6H2,1-3H3,(H,13,14)/t7?,8-,9?/m0/s1. The first-order valence-electron chi connectivity index (χ1n) is 5.19. The van der Waals surface area contributed by atoms with Crippen LogP contribution in [0.3, 0.4) is 0 Å². The van der Waals surface area contributed by atoms with Gasteiger partial charge in [-0.1, -0.05) is 0 Å². The number of rotatable bonds is 3. The van der Waals surface area contributed by atoms with Crippen LogP contribution in [-0.4, -0.2) is 47.7 Å². The molecule has 0 saturated carbocycles. The number of carbonyl (C=O) groups is 1. The summed E-state index contributed by atoms with van der Waals surface area (Å²) >= 11 is 0. The fourth-order valence-electron chi connectivity index (χ4n) is 1.87. The zero-order valence-corrected chi connectivity index (χ0v) is 9.16. The molecule has 0 aromatic carbocycles. The number of hydrogen-bond acceptors (Lipinski definition) is 3. The van der Waals surface area contributed by atoms with Crippen LogP contribution >= 0.6 is 0 Å². The Morgan fingerprint density at radius 3 is 2.79 bits per heavy atom. The number of hydrogen-bond donors (Lipinski definition) is 2. The van der Waals surface area contributed by atoms with E-state index in [1.807, 2.05) is 0 Å². The average molecular weight is 200 g/mol. The Kier molecular flexibility index (Phi) is 3.89. The molecule has 4 heteroatoms. The second-order valence-electron chi connectivity index (χ2n) is 4.28. The molecule has 82 valence electrons. The van der Waals surface area contributed by atoms with Crippen LogP contribution in [0.2, 0.25) is 0 Å². The van der Waals surface area contributed by atoms with Crippen molar-refractivity contribution in [3.8, 4) is 0 Å². The summed E-state index contributed by atoms with van der Waals surface area (Å²) < 4.78 is 0. The van der Waals surface area contributed by atoms with Crippen LogP contribution < -0.4 is 5.32 Å². The third-order valence-corrected chi connectivity index (χ3v) is 3.06. The monoisotopic (exact) mass is 200 g/mol. The Morgan fingerprint density at radius 1 is 1.64 bits per heavy atom. The molecule has 2 N–H and O–H groups in total. The van der Waals surface area contributed by atoms with Crippen molar-refractivity contribution in [2.45, 2.75) is 44.8 Å². The summed E-state index contributed by atoms with van der Waals surface area (Å²) in [6.07, 6.45) is 2.08. The predicted octanol–water partition coefficient (Wildman–Crippen LogP) is 0.532. The molecule has 3 atom stereocenters. The second kappa shape index (κ2) is 4.75.